The molecule has 4 heteroatoms. The van der Waals surface area contributed by atoms with Gasteiger partial charge in [-0.1, -0.05) is 26.0 Å². The van der Waals surface area contributed by atoms with Crippen LogP contribution in [0.1, 0.15) is 32.5 Å². The van der Waals surface area contributed by atoms with E-state index in [0.717, 1.165) is 30.0 Å². The van der Waals surface area contributed by atoms with E-state index in [4.69, 9.17) is 4.74 Å². The number of benzene rings is 1. The summed E-state index contributed by atoms with van der Waals surface area (Å²) in [6.45, 7) is 6.36. The quantitative estimate of drug-likeness (QED) is 0.911. The summed E-state index contributed by atoms with van der Waals surface area (Å²) in [7, 11) is 0. The summed E-state index contributed by atoms with van der Waals surface area (Å²) >= 11 is 0. The number of para-hydroxylation sites is 2. The number of hydrogen-bond donors (Lipinski definition) is 2. The van der Waals surface area contributed by atoms with Crippen LogP contribution >= 0.6 is 0 Å². The largest absolute Gasteiger partial charge is 0.377 e. The third-order valence-electron chi connectivity index (χ3n) is 5.26. The van der Waals surface area contributed by atoms with Gasteiger partial charge in [0.15, 0.2) is 0 Å². The molecule has 1 aliphatic carbocycles. The van der Waals surface area contributed by atoms with E-state index < -0.39 is 0 Å². The van der Waals surface area contributed by atoms with Gasteiger partial charge in [-0.3, -0.25) is 0 Å². The fourth-order valence-electron chi connectivity index (χ4n) is 4.23. The fourth-order valence-corrected chi connectivity index (χ4v) is 4.23. The summed E-state index contributed by atoms with van der Waals surface area (Å²) in [6.07, 6.45) is 2.91. The first-order valence-corrected chi connectivity index (χ1v) is 7.95. The van der Waals surface area contributed by atoms with Crippen molar-refractivity contribution in [2.75, 3.05) is 6.61 Å². The molecule has 0 radical (unpaired) electrons. The Balaban J connectivity index is 1.46. The fraction of sp³-hybridized carbons (Fsp3) is 0.588. The van der Waals surface area contributed by atoms with Gasteiger partial charge in [-0.2, -0.15) is 0 Å². The molecule has 1 saturated heterocycles. The lowest BCUT2D eigenvalue weighted by Gasteiger charge is -2.60. The molecule has 4 rings (SSSR count). The Hall–Kier alpha value is -1.39. The minimum Gasteiger partial charge on any atom is -0.377 e. The number of nitrogens with zero attached hydrogens (tertiary/aromatic N) is 1. The van der Waals surface area contributed by atoms with Crippen molar-refractivity contribution in [3.63, 3.8) is 0 Å². The average Bonchev–Trinajstić information content (AvgIpc) is 2.90. The summed E-state index contributed by atoms with van der Waals surface area (Å²) in [4.78, 5) is 8.04. The highest BCUT2D eigenvalue weighted by atomic mass is 16.5. The molecule has 21 heavy (non-hydrogen) atoms. The van der Waals surface area contributed by atoms with Crippen LogP contribution < -0.4 is 5.32 Å². The standard InChI is InChI=1S/C17H23N3O/c1-17(2)15(11-6-5-9-21-16(11)17)18-10-14-19-12-7-3-4-8-13(12)20-14/h3-4,7-8,11,15-16,18H,5-6,9-10H2,1-2H3,(H,19,20). The lowest BCUT2D eigenvalue weighted by Crippen LogP contribution is -2.69. The first-order chi connectivity index (χ1) is 10.2. The molecule has 2 fully saturated rings. The van der Waals surface area contributed by atoms with Crippen LogP contribution in [0.5, 0.6) is 0 Å². The summed E-state index contributed by atoms with van der Waals surface area (Å²) in [5.41, 5.74) is 2.37. The number of ether oxygens (including phenoxy) is 1. The van der Waals surface area contributed by atoms with Crippen molar-refractivity contribution in [3.05, 3.63) is 30.1 Å². The van der Waals surface area contributed by atoms with Gasteiger partial charge in [-0.25, -0.2) is 4.98 Å². The van der Waals surface area contributed by atoms with Gasteiger partial charge in [0.25, 0.3) is 0 Å². The Morgan fingerprint density at radius 1 is 1.38 bits per heavy atom. The topological polar surface area (TPSA) is 49.9 Å². The number of nitrogens with one attached hydrogen (secondary N) is 2. The third kappa shape index (κ3) is 2.09. The van der Waals surface area contributed by atoms with Crippen molar-refractivity contribution in [2.45, 2.75) is 45.4 Å². The number of aromatic nitrogens is 2. The Bertz CT molecular complexity index is 615. The SMILES string of the molecule is CC1(C)C(NCc2nc3ccccc3[nH]2)C2CCCOC21. The van der Waals surface area contributed by atoms with Crippen molar-refractivity contribution in [1.82, 2.24) is 15.3 Å². The van der Waals surface area contributed by atoms with E-state index >= 15 is 0 Å². The normalized spacial score (nSPS) is 30.9. The van der Waals surface area contributed by atoms with Crippen LogP contribution in [-0.2, 0) is 11.3 Å². The molecule has 4 nitrogen and oxygen atoms in total. The first-order valence-electron chi connectivity index (χ1n) is 7.95. The average molecular weight is 285 g/mol. The Kier molecular flexibility index (Phi) is 3.05. The number of aromatic amines is 1. The van der Waals surface area contributed by atoms with Crippen LogP contribution in [0.15, 0.2) is 24.3 Å². The van der Waals surface area contributed by atoms with Crippen molar-refractivity contribution in [2.24, 2.45) is 11.3 Å². The molecule has 0 spiro atoms. The van der Waals surface area contributed by atoms with Gasteiger partial charge in [-0.15, -0.1) is 0 Å². The predicted molar refractivity (Wildman–Crippen MR) is 83.0 cm³/mol. The van der Waals surface area contributed by atoms with Gasteiger partial charge in [-0.05, 0) is 25.0 Å². The minimum absolute atomic E-state index is 0.219. The number of H-pyrrole nitrogens is 1. The van der Waals surface area contributed by atoms with E-state index in [2.05, 4.69) is 35.2 Å². The van der Waals surface area contributed by atoms with Gasteiger partial charge in [0.2, 0.25) is 0 Å². The maximum absolute atomic E-state index is 5.96. The van der Waals surface area contributed by atoms with Crippen LogP contribution in [0.4, 0.5) is 0 Å². The molecule has 3 unspecified atom stereocenters. The smallest absolute Gasteiger partial charge is 0.121 e. The maximum atomic E-state index is 5.96. The highest BCUT2D eigenvalue weighted by Gasteiger charge is 2.57. The second kappa shape index (κ2) is 4.82. The summed E-state index contributed by atoms with van der Waals surface area (Å²) in [5.74, 6) is 1.69. The maximum Gasteiger partial charge on any atom is 0.121 e. The van der Waals surface area contributed by atoms with E-state index in [1.54, 1.807) is 0 Å². The lowest BCUT2D eigenvalue weighted by atomic mass is 9.55. The molecular weight excluding hydrogens is 262 g/mol. The van der Waals surface area contributed by atoms with Gasteiger partial charge in [0.05, 0.1) is 23.7 Å². The molecule has 3 atom stereocenters. The van der Waals surface area contributed by atoms with Crippen molar-refractivity contribution < 1.29 is 4.74 Å². The lowest BCUT2D eigenvalue weighted by molar-refractivity contribution is -0.193. The Labute approximate surface area is 125 Å². The van der Waals surface area contributed by atoms with Crippen LogP contribution in [0.3, 0.4) is 0 Å². The molecule has 2 heterocycles. The van der Waals surface area contributed by atoms with Gasteiger partial charge < -0.3 is 15.0 Å². The van der Waals surface area contributed by atoms with E-state index in [1.165, 1.54) is 12.8 Å². The van der Waals surface area contributed by atoms with Crippen LogP contribution in [0, 0.1) is 11.3 Å². The summed E-state index contributed by atoms with van der Waals surface area (Å²) in [6, 6.07) is 8.71. The van der Waals surface area contributed by atoms with Crippen LogP contribution in [0.25, 0.3) is 11.0 Å². The second-order valence-electron chi connectivity index (χ2n) is 6.98. The minimum atomic E-state index is 0.219. The Morgan fingerprint density at radius 3 is 3.10 bits per heavy atom. The zero-order valence-corrected chi connectivity index (χ0v) is 12.7. The molecular formula is C17H23N3O. The first kappa shape index (κ1) is 13.3. The highest BCUT2D eigenvalue weighted by molar-refractivity contribution is 5.74. The Morgan fingerprint density at radius 2 is 2.24 bits per heavy atom. The molecule has 2 aliphatic rings. The summed E-state index contributed by atoms with van der Waals surface area (Å²) in [5, 5.41) is 3.71. The molecule has 1 saturated carbocycles. The molecule has 0 bridgehead atoms. The van der Waals surface area contributed by atoms with Gasteiger partial charge in [0, 0.05) is 24.0 Å². The molecule has 2 N–H and O–H groups in total. The third-order valence-corrected chi connectivity index (χ3v) is 5.26. The highest BCUT2D eigenvalue weighted by Crippen LogP contribution is 2.51. The van der Waals surface area contributed by atoms with Gasteiger partial charge in [0.1, 0.15) is 5.82 Å². The second-order valence-corrected chi connectivity index (χ2v) is 6.98. The van der Waals surface area contributed by atoms with E-state index in [1.807, 2.05) is 18.2 Å². The molecule has 1 aromatic carbocycles. The molecule has 1 aromatic heterocycles. The number of rotatable bonds is 3. The monoisotopic (exact) mass is 285 g/mol. The zero-order valence-electron chi connectivity index (χ0n) is 12.7. The predicted octanol–water partition coefficient (Wildman–Crippen LogP) is 2.86. The molecule has 0 amide bonds. The number of fused-ring (bicyclic) bond motifs is 2. The molecule has 112 valence electrons. The molecule has 2 aromatic rings. The van der Waals surface area contributed by atoms with Gasteiger partial charge >= 0.3 is 0 Å². The van der Waals surface area contributed by atoms with Crippen molar-refractivity contribution >= 4 is 11.0 Å². The zero-order chi connectivity index (χ0) is 14.4. The van der Waals surface area contributed by atoms with E-state index in [0.29, 0.717) is 18.1 Å². The number of imidazole rings is 1. The van der Waals surface area contributed by atoms with Crippen LogP contribution in [0.2, 0.25) is 0 Å². The number of hydrogen-bond acceptors (Lipinski definition) is 3. The molecule has 1 aliphatic heterocycles. The van der Waals surface area contributed by atoms with E-state index in [9.17, 15) is 0 Å². The van der Waals surface area contributed by atoms with Crippen LogP contribution in [-0.4, -0.2) is 28.7 Å². The van der Waals surface area contributed by atoms with E-state index in [-0.39, 0.29) is 5.41 Å². The van der Waals surface area contributed by atoms with Crippen molar-refractivity contribution in [1.29, 1.82) is 0 Å². The summed E-state index contributed by atoms with van der Waals surface area (Å²) < 4.78 is 5.96. The van der Waals surface area contributed by atoms with Crippen molar-refractivity contribution in [3.8, 4) is 0 Å².